The van der Waals surface area contributed by atoms with Gasteiger partial charge in [-0.1, -0.05) is 12.1 Å². The molecule has 4 nitrogen and oxygen atoms in total. The Bertz CT molecular complexity index is 581. The Morgan fingerprint density at radius 1 is 1.25 bits per heavy atom. The molecule has 0 aliphatic rings. The minimum atomic E-state index is -4.73. The molecule has 0 amide bonds. The second-order valence-corrected chi connectivity index (χ2v) is 4.21. The van der Waals surface area contributed by atoms with E-state index >= 15 is 0 Å². The van der Waals surface area contributed by atoms with Gasteiger partial charge in [-0.15, -0.1) is 13.2 Å². The molecule has 1 unspecified atom stereocenters. The molecule has 0 aliphatic carbocycles. The molecule has 0 bridgehead atoms. The number of halogens is 3. The van der Waals surface area contributed by atoms with Crippen LogP contribution in [0.4, 0.5) is 13.2 Å². The second kappa shape index (κ2) is 5.56. The van der Waals surface area contributed by atoms with Gasteiger partial charge in [-0.3, -0.25) is 5.84 Å². The largest absolute Gasteiger partial charge is 0.573 e. The van der Waals surface area contributed by atoms with Crippen molar-refractivity contribution in [2.75, 3.05) is 0 Å². The maximum atomic E-state index is 12.2. The summed E-state index contributed by atoms with van der Waals surface area (Å²) in [5, 5.41) is 0. The summed E-state index contributed by atoms with van der Waals surface area (Å²) in [5.41, 5.74) is 3.80. The zero-order valence-corrected chi connectivity index (χ0v) is 10.6. The van der Waals surface area contributed by atoms with Crippen LogP contribution >= 0.6 is 0 Å². The minimum Gasteiger partial charge on any atom is -0.469 e. The van der Waals surface area contributed by atoms with Crippen LogP contribution in [0.1, 0.15) is 22.9 Å². The van der Waals surface area contributed by atoms with Gasteiger partial charge in [0.25, 0.3) is 0 Å². The van der Waals surface area contributed by atoms with Gasteiger partial charge < -0.3 is 9.15 Å². The van der Waals surface area contributed by atoms with Gasteiger partial charge in [0, 0.05) is 5.56 Å². The van der Waals surface area contributed by atoms with Gasteiger partial charge in [-0.25, -0.2) is 5.43 Å². The van der Waals surface area contributed by atoms with Crippen LogP contribution in [0.3, 0.4) is 0 Å². The zero-order chi connectivity index (χ0) is 14.8. The number of hydrogen-bond acceptors (Lipinski definition) is 4. The molecular weight excluding hydrogens is 273 g/mol. The van der Waals surface area contributed by atoms with Crippen LogP contribution in [-0.4, -0.2) is 6.36 Å². The van der Waals surface area contributed by atoms with Crippen molar-refractivity contribution in [1.82, 2.24) is 5.43 Å². The van der Waals surface area contributed by atoms with E-state index in [0.29, 0.717) is 16.9 Å². The van der Waals surface area contributed by atoms with Crippen LogP contribution in [0.15, 0.2) is 41.0 Å². The molecule has 20 heavy (non-hydrogen) atoms. The van der Waals surface area contributed by atoms with Crippen LogP contribution < -0.4 is 16.0 Å². The molecule has 2 rings (SSSR count). The molecule has 0 saturated heterocycles. The predicted octanol–water partition coefficient (Wildman–Crippen LogP) is 3.04. The maximum absolute atomic E-state index is 12.2. The van der Waals surface area contributed by atoms with Crippen LogP contribution in [0.2, 0.25) is 0 Å². The summed E-state index contributed by atoms with van der Waals surface area (Å²) in [5.74, 6) is 5.86. The van der Waals surface area contributed by atoms with Gasteiger partial charge in [0.2, 0.25) is 0 Å². The molecular formula is C13H13F3N2O2. The SMILES string of the molecule is Cc1cc(C(NN)c2cccc(OC(F)(F)F)c2)co1. The average Bonchev–Trinajstić information content (AvgIpc) is 2.75. The van der Waals surface area contributed by atoms with Crippen molar-refractivity contribution in [3.05, 3.63) is 53.5 Å². The molecule has 1 aromatic heterocycles. The van der Waals surface area contributed by atoms with E-state index < -0.39 is 12.4 Å². The third-order valence-corrected chi connectivity index (χ3v) is 2.68. The van der Waals surface area contributed by atoms with E-state index in [0.717, 1.165) is 0 Å². The number of alkyl halides is 3. The van der Waals surface area contributed by atoms with Crippen LogP contribution in [0, 0.1) is 6.92 Å². The fourth-order valence-electron chi connectivity index (χ4n) is 1.89. The Morgan fingerprint density at radius 2 is 2.00 bits per heavy atom. The summed E-state index contributed by atoms with van der Waals surface area (Å²) < 4.78 is 45.7. The quantitative estimate of drug-likeness (QED) is 0.670. The molecule has 3 N–H and O–H groups in total. The Morgan fingerprint density at radius 3 is 2.55 bits per heavy atom. The van der Waals surface area contributed by atoms with Crippen LogP contribution in [0.25, 0.3) is 0 Å². The minimum absolute atomic E-state index is 0.296. The average molecular weight is 286 g/mol. The topological polar surface area (TPSA) is 60.4 Å². The van der Waals surface area contributed by atoms with Crippen molar-refractivity contribution in [3.8, 4) is 5.75 Å². The first-order valence-corrected chi connectivity index (χ1v) is 5.76. The lowest BCUT2D eigenvalue weighted by Crippen LogP contribution is -2.28. The van der Waals surface area contributed by atoms with Gasteiger partial charge in [-0.05, 0) is 30.7 Å². The van der Waals surface area contributed by atoms with Crippen molar-refractivity contribution < 1.29 is 22.3 Å². The highest BCUT2D eigenvalue weighted by atomic mass is 19.4. The van der Waals surface area contributed by atoms with Crippen LogP contribution in [0.5, 0.6) is 5.75 Å². The Hall–Kier alpha value is -1.99. The summed E-state index contributed by atoms with van der Waals surface area (Å²) in [7, 11) is 0. The van der Waals surface area contributed by atoms with Crippen molar-refractivity contribution in [2.24, 2.45) is 5.84 Å². The lowest BCUT2D eigenvalue weighted by molar-refractivity contribution is -0.274. The van der Waals surface area contributed by atoms with Crippen molar-refractivity contribution in [3.63, 3.8) is 0 Å². The number of benzene rings is 1. The number of hydrogen-bond donors (Lipinski definition) is 2. The van der Waals surface area contributed by atoms with E-state index in [2.05, 4.69) is 10.2 Å². The lowest BCUT2D eigenvalue weighted by atomic mass is 10.0. The summed E-state index contributed by atoms with van der Waals surface area (Å²) in [6.45, 7) is 1.76. The number of ether oxygens (including phenoxy) is 1. The van der Waals surface area contributed by atoms with Gasteiger partial charge in [0.15, 0.2) is 0 Å². The van der Waals surface area contributed by atoms with Crippen molar-refractivity contribution in [2.45, 2.75) is 19.3 Å². The fraction of sp³-hybridized carbons (Fsp3) is 0.231. The highest BCUT2D eigenvalue weighted by Gasteiger charge is 2.31. The molecule has 0 spiro atoms. The van der Waals surface area contributed by atoms with E-state index in [1.165, 1.54) is 24.5 Å². The molecule has 108 valence electrons. The summed E-state index contributed by atoms with van der Waals surface area (Å²) in [6.07, 6.45) is -3.23. The van der Waals surface area contributed by atoms with Crippen LogP contribution in [-0.2, 0) is 0 Å². The van der Waals surface area contributed by atoms with E-state index in [1.54, 1.807) is 19.1 Å². The highest BCUT2D eigenvalue weighted by Crippen LogP contribution is 2.28. The van der Waals surface area contributed by atoms with Crippen molar-refractivity contribution in [1.29, 1.82) is 0 Å². The number of nitrogens with one attached hydrogen (secondary N) is 1. The predicted molar refractivity (Wildman–Crippen MR) is 65.7 cm³/mol. The second-order valence-electron chi connectivity index (χ2n) is 4.21. The molecule has 1 heterocycles. The third kappa shape index (κ3) is 3.52. The number of furan rings is 1. The van der Waals surface area contributed by atoms with Gasteiger partial charge >= 0.3 is 6.36 Å². The molecule has 2 aromatic rings. The molecule has 0 saturated carbocycles. The normalized spacial score (nSPS) is 13.2. The fourth-order valence-corrected chi connectivity index (χ4v) is 1.89. The molecule has 0 aliphatic heterocycles. The van der Waals surface area contributed by atoms with Gasteiger partial charge in [0.05, 0.1) is 12.3 Å². The first-order valence-electron chi connectivity index (χ1n) is 5.76. The summed E-state index contributed by atoms with van der Waals surface area (Å²) in [6, 6.07) is 6.89. The third-order valence-electron chi connectivity index (χ3n) is 2.68. The standard InChI is InChI=1S/C13H13F3N2O2/c1-8-5-10(7-19-8)12(18-17)9-3-2-4-11(6-9)20-13(14,15)16/h2-7,12,18H,17H2,1H3. The summed E-state index contributed by atoms with van der Waals surface area (Å²) in [4.78, 5) is 0. The molecule has 1 aromatic carbocycles. The lowest BCUT2D eigenvalue weighted by Gasteiger charge is -2.16. The Balaban J connectivity index is 2.29. The maximum Gasteiger partial charge on any atom is 0.573 e. The van der Waals surface area contributed by atoms with Gasteiger partial charge in [0.1, 0.15) is 11.5 Å². The highest BCUT2D eigenvalue weighted by molar-refractivity contribution is 5.36. The van der Waals surface area contributed by atoms with E-state index in [-0.39, 0.29) is 5.75 Å². The Kier molecular flexibility index (Phi) is 4.01. The Labute approximate surface area is 113 Å². The first-order chi connectivity index (χ1) is 9.39. The molecule has 7 heteroatoms. The number of nitrogens with two attached hydrogens (primary N) is 1. The monoisotopic (exact) mass is 286 g/mol. The number of aryl methyl sites for hydroxylation is 1. The molecule has 1 atom stereocenters. The van der Waals surface area contributed by atoms with E-state index in [4.69, 9.17) is 10.3 Å². The van der Waals surface area contributed by atoms with E-state index in [1.807, 2.05) is 0 Å². The van der Waals surface area contributed by atoms with Crippen molar-refractivity contribution >= 4 is 0 Å². The van der Waals surface area contributed by atoms with Gasteiger partial charge in [-0.2, -0.15) is 0 Å². The smallest absolute Gasteiger partial charge is 0.469 e. The zero-order valence-electron chi connectivity index (χ0n) is 10.6. The summed E-state index contributed by atoms with van der Waals surface area (Å²) >= 11 is 0. The number of hydrazine groups is 1. The van der Waals surface area contributed by atoms with E-state index in [9.17, 15) is 13.2 Å². The molecule has 0 radical (unpaired) electrons. The number of rotatable bonds is 4. The first kappa shape index (κ1) is 14.4. The molecule has 0 fully saturated rings.